The van der Waals surface area contributed by atoms with Gasteiger partial charge in [0.1, 0.15) is 18.0 Å². The van der Waals surface area contributed by atoms with Crippen LogP contribution in [-0.2, 0) is 0 Å². The molecule has 0 fully saturated rings. The molecule has 0 unspecified atom stereocenters. The average Bonchev–Trinajstić information content (AvgIpc) is 2.62. The smallest absolute Gasteiger partial charge is 0.542 e. The first-order chi connectivity index (χ1) is 12.1. The Balaban J connectivity index is 0.00000243. The van der Waals surface area contributed by atoms with Gasteiger partial charge >= 0.3 is 29.6 Å². The predicted molar refractivity (Wildman–Crippen MR) is 96.1 cm³/mol. The van der Waals surface area contributed by atoms with Crippen molar-refractivity contribution in [1.82, 2.24) is 0 Å². The van der Waals surface area contributed by atoms with Crippen molar-refractivity contribution in [3.8, 4) is 11.5 Å². The van der Waals surface area contributed by atoms with Crippen LogP contribution >= 0.6 is 0 Å². The average molecular weight is 398 g/mol. The van der Waals surface area contributed by atoms with E-state index in [9.17, 15) is 14.7 Å². The van der Waals surface area contributed by atoms with Gasteiger partial charge in [0.05, 0.1) is 13.2 Å². The van der Waals surface area contributed by atoms with E-state index in [-0.39, 0.29) is 52.9 Å². The zero-order valence-electron chi connectivity index (χ0n) is 15.3. The topological polar surface area (TPSA) is 152 Å². The number of benzene rings is 2. The second-order valence-electron chi connectivity index (χ2n) is 5.32. The minimum atomic E-state index is -1.55. The van der Waals surface area contributed by atoms with Crippen molar-refractivity contribution in [2.75, 3.05) is 13.2 Å². The summed E-state index contributed by atoms with van der Waals surface area (Å²) in [6.45, 7) is 0.657. The summed E-state index contributed by atoms with van der Waals surface area (Å²) < 4.78 is 15.7. The molecule has 0 aliphatic heterocycles. The summed E-state index contributed by atoms with van der Waals surface area (Å²) in [5.74, 6) is -1.36. The first-order valence-corrected chi connectivity index (χ1v) is 7.72. The maximum Gasteiger partial charge on any atom is 1.00 e. The van der Waals surface area contributed by atoms with Crippen LogP contribution in [0.5, 0.6) is 11.5 Å². The summed E-state index contributed by atoms with van der Waals surface area (Å²) in [5.41, 5.74) is -0.569. The van der Waals surface area contributed by atoms with E-state index >= 15 is 0 Å². The second kappa shape index (κ2) is 12.2. The van der Waals surface area contributed by atoms with Crippen LogP contribution in [-0.4, -0.2) is 30.1 Å². The van der Waals surface area contributed by atoms with Gasteiger partial charge in [0, 0.05) is 12.5 Å². The largest absolute Gasteiger partial charge is 1.00 e. The Kier molecular flexibility index (Phi) is 11.1. The van der Waals surface area contributed by atoms with Crippen molar-refractivity contribution in [3.63, 3.8) is 0 Å². The van der Waals surface area contributed by atoms with Gasteiger partial charge in [-0.1, -0.05) is 30.3 Å². The van der Waals surface area contributed by atoms with Crippen LogP contribution in [0.1, 0.15) is 17.0 Å². The van der Waals surface area contributed by atoms with E-state index < -0.39 is 17.2 Å². The first-order valence-electron chi connectivity index (χ1n) is 7.72. The quantitative estimate of drug-likeness (QED) is 0.313. The molecule has 0 amide bonds. The number of carbonyl (C=O) groups is 1. The van der Waals surface area contributed by atoms with Gasteiger partial charge in [-0.25, -0.2) is 0 Å². The van der Waals surface area contributed by atoms with E-state index in [1.807, 2.05) is 42.5 Å². The number of ether oxygens (including phenoxy) is 2. The number of fused-ring (bicyclic) bond motifs is 1. The summed E-state index contributed by atoms with van der Waals surface area (Å²) in [6, 6.07) is 14.7. The van der Waals surface area contributed by atoms with Crippen LogP contribution in [0.15, 0.2) is 64.0 Å². The predicted octanol–water partition coefficient (Wildman–Crippen LogP) is -2.64. The van der Waals surface area contributed by atoms with Gasteiger partial charge in [0.15, 0.2) is 5.76 Å². The van der Waals surface area contributed by atoms with E-state index in [2.05, 4.69) is 0 Å². The minimum absolute atomic E-state index is 0. The van der Waals surface area contributed by atoms with Crippen molar-refractivity contribution < 1.29 is 64.3 Å². The Bertz CT molecular complexity index is 954. The van der Waals surface area contributed by atoms with Crippen molar-refractivity contribution >= 4 is 16.7 Å². The molecule has 3 rings (SSSR count). The summed E-state index contributed by atoms with van der Waals surface area (Å²) >= 11 is 0. The number of hydrogen-bond donors (Lipinski definition) is 0. The third-order valence-corrected chi connectivity index (χ3v) is 3.54. The third kappa shape index (κ3) is 6.66. The van der Waals surface area contributed by atoms with E-state index in [0.29, 0.717) is 13.0 Å². The Morgan fingerprint density at radius 2 is 1.64 bits per heavy atom. The number of carboxylic acids is 1. The maximum atomic E-state index is 11.6. The van der Waals surface area contributed by atoms with Gasteiger partial charge in [-0.05, 0) is 22.9 Å². The van der Waals surface area contributed by atoms with E-state index in [1.165, 1.54) is 0 Å². The fraction of sp³-hybridized carbons (Fsp3) is 0.158. The summed E-state index contributed by atoms with van der Waals surface area (Å²) in [4.78, 5) is 22.2. The van der Waals surface area contributed by atoms with Gasteiger partial charge in [-0.15, -0.1) is 0 Å². The molecule has 3 aromatic rings. The fourth-order valence-corrected chi connectivity index (χ4v) is 2.30. The molecule has 2 aromatic carbocycles. The molecule has 1 aromatic heterocycles. The molecule has 0 saturated carbocycles. The van der Waals surface area contributed by atoms with Crippen LogP contribution in [0.2, 0.25) is 0 Å². The van der Waals surface area contributed by atoms with E-state index in [4.69, 9.17) is 13.9 Å². The SMILES string of the molecule is O.O.O=C([O-])c1cc(=O)c(OCCCOc2ccc3ccccc3c2)co1.[Na+]. The zero-order valence-corrected chi connectivity index (χ0v) is 17.3. The summed E-state index contributed by atoms with van der Waals surface area (Å²) in [5, 5.41) is 12.8. The molecule has 0 radical (unpaired) electrons. The van der Waals surface area contributed by atoms with Crippen LogP contribution < -0.4 is 49.6 Å². The van der Waals surface area contributed by atoms with Gasteiger partial charge in [0.25, 0.3) is 0 Å². The molecule has 0 saturated heterocycles. The molecule has 0 bridgehead atoms. The van der Waals surface area contributed by atoms with Crippen molar-refractivity contribution in [2.24, 2.45) is 0 Å². The van der Waals surface area contributed by atoms with Gasteiger partial charge < -0.3 is 34.7 Å². The molecule has 0 spiro atoms. The van der Waals surface area contributed by atoms with Gasteiger partial charge in [0.2, 0.25) is 11.2 Å². The molecule has 9 heteroatoms. The number of rotatable bonds is 7. The van der Waals surface area contributed by atoms with Crippen LogP contribution in [0.25, 0.3) is 10.8 Å². The van der Waals surface area contributed by atoms with E-state index in [1.54, 1.807) is 0 Å². The Morgan fingerprint density at radius 1 is 0.964 bits per heavy atom. The van der Waals surface area contributed by atoms with Gasteiger partial charge in [-0.2, -0.15) is 0 Å². The fourth-order valence-electron chi connectivity index (χ4n) is 2.30. The molecule has 144 valence electrons. The molecule has 28 heavy (non-hydrogen) atoms. The van der Waals surface area contributed by atoms with Crippen LogP contribution in [0, 0.1) is 0 Å². The van der Waals surface area contributed by atoms with Crippen molar-refractivity contribution in [2.45, 2.75) is 6.42 Å². The number of carboxylic acid groups (broad SMARTS) is 1. The monoisotopic (exact) mass is 398 g/mol. The maximum absolute atomic E-state index is 11.6. The molecule has 4 N–H and O–H groups in total. The molecular weight excluding hydrogens is 379 g/mol. The standard InChI is InChI=1S/C19H16O6.Na.2H2O/c20-16-11-17(19(21)22)25-12-18(16)24-9-3-8-23-15-7-6-13-4-1-2-5-14(13)10-15;;;/h1-2,4-7,10-12H,3,8-9H2,(H,21,22);;2*1H2/q;+1;;/p-1. The molecule has 0 atom stereocenters. The normalized spacial score (nSPS) is 9.43. The van der Waals surface area contributed by atoms with Gasteiger partial charge in [-0.3, -0.25) is 4.79 Å². The Morgan fingerprint density at radius 3 is 2.32 bits per heavy atom. The summed E-state index contributed by atoms with van der Waals surface area (Å²) in [6.07, 6.45) is 1.52. The number of aromatic carboxylic acids is 1. The Labute approximate surface area is 182 Å². The zero-order chi connectivity index (χ0) is 17.6. The molecular formula is C19H19NaO8. The first kappa shape index (κ1) is 25.6. The number of hydrogen-bond acceptors (Lipinski definition) is 6. The van der Waals surface area contributed by atoms with Crippen molar-refractivity contribution in [3.05, 3.63) is 70.8 Å². The third-order valence-electron chi connectivity index (χ3n) is 3.54. The molecule has 0 aliphatic carbocycles. The minimum Gasteiger partial charge on any atom is -0.542 e. The number of carbonyl (C=O) groups excluding carboxylic acids is 1. The molecule has 1 heterocycles. The van der Waals surface area contributed by atoms with E-state index in [0.717, 1.165) is 28.9 Å². The van der Waals surface area contributed by atoms with Crippen molar-refractivity contribution in [1.29, 1.82) is 0 Å². The summed E-state index contributed by atoms with van der Waals surface area (Å²) in [7, 11) is 0. The van der Waals surface area contributed by atoms with Crippen LogP contribution in [0.4, 0.5) is 0 Å². The Hall–Kier alpha value is -2.36. The molecule has 8 nitrogen and oxygen atoms in total. The second-order valence-corrected chi connectivity index (χ2v) is 5.32. The molecule has 0 aliphatic rings. The van der Waals surface area contributed by atoms with Crippen LogP contribution in [0.3, 0.4) is 0 Å².